The fourth-order valence-corrected chi connectivity index (χ4v) is 2.55. The smallest absolute Gasteiger partial charge is 0.338 e. The number of carbonyl (C=O) groups is 2. The highest BCUT2D eigenvalue weighted by Crippen LogP contribution is 2.27. The van der Waals surface area contributed by atoms with Crippen molar-refractivity contribution in [1.29, 1.82) is 0 Å². The van der Waals surface area contributed by atoms with Crippen molar-refractivity contribution in [3.05, 3.63) is 29.6 Å². The van der Waals surface area contributed by atoms with Gasteiger partial charge in [-0.1, -0.05) is 19.3 Å². The van der Waals surface area contributed by atoms with Crippen LogP contribution in [0.15, 0.2) is 18.3 Å². The van der Waals surface area contributed by atoms with Crippen molar-refractivity contribution in [3.63, 3.8) is 0 Å². The quantitative estimate of drug-likeness (QED) is 0.875. The normalized spacial score (nSPS) is 17.7. The summed E-state index contributed by atoms with van der Waals surface area (Å²) in [7, 11) is 0. The van der Waals surface area contributed by atoms with Gasteiger partial charge in [0.1, 0.15) is 5.69 Å². The first-order chi connectivity index (χ1) is 9.02. The Balaban J connectivity index is 2.18. The molecule has 1 amide bonds. The van der Waals surface area contributed by atoms with Crippen LogP contribution in [-0.4, -0.2) is 27.5 Å². The number of aromatic nitrogens is 1. The number of amides is 1. The molecule has 1 heterocycles. The molecule has 2 N–H and O–H groups in total. The molecule has 0 aliphatic heterocycles. The molecule has 1 aromatic rings. The Morgan fingerprint density at radius 1 is 1.32 bits per heavy atom. The predicted molar refractivity (Wildman–Crippen MR) is 70.2 cm³/mol. The molecule has 1 saturated carbocycles. The minimum absolute atomic E-state index is 0.0122. The van der Waals surface area contributed by atoms with Crippen LogP contribution in [0, 0.1) is 0 Å². The van der Waals surface area contributed by atoms with E-state index in [0.29, 0.717) is 0 Å². The van der Waals surface area contributed by atoms with Gasteiger partial charge in [0.25, 0.3) is 5.91 Å². The van der Waals surface area contributed by atoms with E-state index in [4.69, 9.17) is 5.11 Å². The molecule has 0 saturated heterocycles. The van der Waals surface area contributed by atoms with Crippen LogP contribution in [0.4, 0.5) is 0 Å². The lowest BCUT2D eigenvalue weighted by Gasteiger charge is -2.34. The van der Waals surface area contributed by atoms with Crippen LogP contribution < -0.4 is 5.32 Å². The highest BCUT2D eigenvalue weighted by atomic mass is 16.4. The number of hydrogen-bond acceptors (Lipinski definition) is 3. The molecule has 0 unspecified atom stereocenters. The van der Waals surface area contributed by atoms with Gasteiger partial charge in [-0.2, -0.15) is 0 Å². The van der Waals surface area contributed by atoms with Gasteiger partial charge in [-0.3, -0.25) is 9.78 Å². The molecule has 0 aromatic carbocycles. The van der Waals surface area contributed by atoms with E-state index >= 15 is 0 Å². The number of carbonyl (C=O) groups excluding carboxylic acids is 1. The second kappa shape index (κ2) is 5.38. The number of hydrogen-bond donors (Lipinski definition) is 2. The number of aromatic carboxylic acids is 1. The summed E-state index contributed by atoms with van der Waals surface area (Å²) in [6.45, 7) is 2.01. The van der Waals surface area contributed by atoms with Gasteiger partial charge in [0.05, 0.1) is 5.56 Å². The Labute approximate surface area is 112 Å². The second-order valence-corrected chi connectivity index (χ2v) is 5.28. The third-order valence-corrected chi connectivity index (χ3v) is 3.63. The van der Waals surface area contributed by atoms with E-state index in [-0.39, 0.29) is 16.8 Å². The van der Waals surface area contributed by atoms with E-state index in [0.717, 1.165) is 25.7 Å². The summed E-state index contributed by atoms with van der Waals surface area (Å²) >= 11 is 0. The summed E-state index contributed by atoms with van der Waals surface area (Å²) in [6.07, 6.45) is 6.65. The van der Waals surface area contributed by atoms with Crippen LogP contribution in [0.3, 0.4) is 0 Å². The maximum atomic E-state index is 12.2. The van der Waals surface area contributed by atoms with Crippen LogP contribution in [-0.2, 0) is 0 Å². The molecule has 102 valence electrons. The molecule has 0 radical (unpaired) electrons. The minimum atomic E-state index is -1.13. The summed E-state index contributed by atoms with van der Waals surface area (Å²) in [5.74, 6) is -1.53. The van der Waals surface area contributed by atoms with Crippen molar-refractivity contribution in [2.75, 3.05) is 0 Å². The molecule has 5 heteroatoms. The lowest BCUT2D eigenvalue weighted by molar-refractivity contribution is 0.0687. The average Bonchev–Trinajstić information content (AvgIpc) is 2.39. The Kier molecular flexibility index (Phi) is 3.83. The maximum absolute atomic E-state index is 12.2. The van der Waals surface area contributed by atoms with E-state index in [1.807, 2.05) is 6.92 Å². The van der Waals surface area contributed by atoms with Crippen molar-refractivity contribution in [2.45, 2.75) is 44.6 Å². The lowest BCUT2D eigenvalue weighted by Crippen LogP contribution is -2.47. The fourth-order valence-electron chi connectivity index (χ4n) is 2.55. The zero-order valence-corrected chi connectivity index (χ0v) is 11.0. The lowest BCUT2D eigenvalue weighted by atomic mass is 9.83. The molecule has 1 aliphatic rings. The maximum Gasteiger partial charge on any atom is 0.338 e. The fraction of sp³-hybridized carbons (Fsp3) is 0.500. The van der Waals surface area contributed by atoms with Gasteiger partial charge < -0.3 is 10.4 Å². The molecule has 0 spiro atoms. The summed E-state index contributed by atoms with van der Waals surface area (Å²) in [5, 5.41) is 12.0. The van der Waals surface area contributed by atoms with Crippen molar-refractivity contribution in [2.24, 2.45) is 0 Å². The first-order valence-corrected chi connectivity index (χ1v) is 6.53. The van der Waals surface area contributed by atoms with E-state index in [2.05, 4.69) is 10.3 Å². The number of carboxylic acid groups (broad SMARTS) is 1. The van der Waals surface area contributed by atoms with Gasteiger partial charge in [-0.25, -0.2) is 4.79 Å². The highest BCUT2D eigenvalue weighted by Gasteiger charge is 2.30. The Morgan fingerprint density at radius 3 is 2.63 bits per heavy atom. The standard InChI is InChI=1S/C14H18N2O3/c1-14(7-3-2-4-8-14)16-12(17)11-10(13(18)19)6-5-9-15-11/h5-6,9H,2-4,7-8H2,1H3,(H,16,17)(H,18,19). The van der Waals surface area contributed by atoms with Crippen LogP contribution in [0.25, 0.3) is 0 Å². The number of nitrogens with one attached hydrogen (secondary N) is 1. The molecular weight excluding hydrogens is 244 g/mol. The topological polar surface area (TPSA) is 79.3 Å². The van der Waals surface area contributed by atoms with Crippen LogP contribution >= 0.6 is 0 Å². The Bertz CT molecular complexity index is 493. The van der Waals surface area contributed by atoms with Crippen LogP contribution in [0.5, 0.6) is 0 Å². The molecule has 1 fully saturated rings. The molecular formula is C14H18N2O3. The Morgan fingerprint density at radius 2 is 2.00 bits per heavy atom. The minimum Gasteiger partial charge on any atom is -0.478 e. The first-order valence-electron chi connectivity index (χ1n) is 6.53. The van der Waals surface area contributed by atoms with Gasteiger partial charge in [-0.05, 0) is 31.9 Å². The molecule has 19 heavy (non-hydrogen) atoms. The van der Waals surface area contributed by atoms with E-state index in [9.17, 15) is 9.59 Å². The summed E-state index contributed by atoms with van der Waals surface area (Å²) < 4.78 is 0. The van der Waals surface area contributed by atoms with Gasteiger partial charge in [0, 0.05) is 11.7 Å². The van der Waals surface area contributed by atoms with Gasteiger partial charge in [0.2, 0.25) is 0 Å². The molecule has 0 bridgehead atoms. The zero-order valence-electron chi connectivity index (χ0n) is 11.0. The van der Waals surface area contributed by atoms with Crippen molar-refractivity contribution in [3.8, 4) is 0 Å². The molecule has 2 rings (SSSR count). The largest absolute Gasteiger partial charge is 0.478 e. The van der Waals surface area contributed by atoms with E-state index in [1.165, 1.54) is 24.8 Å². The average molecular weight is 262 g/mol. The van der Waals surface area contributed by atoms with Crippen LogP contribution in [0.1, 0.15) is 59.9 Å². The van der Waals surface area contributed by atoms with Gasteiger partial charge in [0.15, 0.2) is 0 Å². The molecule has 5 nitrogen and oxygen atoms in total. The predicted octanol–water partition coefficient (Wildman–Crippen LogP) is 2.23. The van der Waals surface area contributed by atoms with Crippen molar-refractivity contribution >= 4 is 11.9 Å². The van der Waals surface area contributed by atoms with Gasteiger partial charge in [-0.15, -0.1) is 0 Å². The van der Waals surface area contributed by atoms with Crippen molar-refractivity contribution in [1.82, 2.24) is 10.3 Å². The first kappa shape index (κ1) is 13.5. The van der Waals surface area contributed by atoms with Crippen molar-refractivity contribution < 1.29 is 14.7 Å². The number of rotatable bonds is 3. The van der Waals surface area contributed by atoms with E-state index in [1.54, 1.807) is 0 Å². The zero-order chi connectivity index (χ0) is 13.9. The second-order valence-electron chi connectivity index (χ2n) is 5.28. The number of pyridine rings is 1. The third kappa shape index (κ3) is 3.10. The summed E-state index contributed by atoms with van der Waals surface area (Å²) in [4.78, 5) is 27.2. The Hall–Kier alpha value is -1.91. The molecule has 1 aromatic heterocycles. The molecule has 1 aliphatic carbocycles. The van der Waals surface area contributed by atoms with Gasteiger partial charge >= 0.3 is 5.97 Å². The summed E-state index contributed by atoms with van der Waals surface area (Å²) in [5.41, 5.74) is -0.316. The number of carboxylic acids is 1. The SMILES string of the molecule is CC1(NC(=O)c2ncccc2C(=O)O)CCCCC1. The molecule has 0 atom stereocenters. The monoisotopic (exact) mass is 262 g/mol. The number of nitrogens with zero attached hydrogens (tertiary/aromatic N) is 1. The third-order valence-electron chi connectivity index (χ3n) is 3.63. The van der Waals surface area contributed by atoms with Crippen LogP contribution in [0.2, 0.25) is 0 Å². The van der Waals surface area contributed by atoms with E-state index < -0.39 is 11.9 Å². The summed E-state index contributed by atoms with van der Waals surface area (Å²) in [6, 6.07) is 2.91. The highest BCUT2D eigenvalue weighted by molar-refractivity contribution is 6.03.